The molecule has 3 nitrogen and oxygen atoms in total. The molecule has 1 aromatic heterocycles. The Balaban J connectivity index is 3.19. The van der Waals surface area contributed by atoms with Gasteiger partial charge in [-0.3, -0.25) is 4.98 Å². The molecule has 15 heavy (non-hydrogen) atoms. The smallest absolute Gasteiger partial charge is 0.259 e. The van der Waals surface area contributed by atoms with Crippen LogP contribution in [0, 0.1) is 0 Å². The van der Waals surface area contributed by atoms with Gasteiger partial charge in [-0.1, -0.05) is 0 Å². The van der Waals surface area contributed by atoms with Crippen LogP contribution < -0.4 is 0 Å². The molecule has 1 heterocycles. The minimum atomic E-state index is -5.02. The molecular weight excluding hydrogens is 238 g/mol. The molecule has 1 aromatic rings. The molecule has 0 radical (unpaired) electrons. The monoisotopic (exact) mass is 243 g/mol. The number of hydrogen-bond donors (Lipinski definition) is 0. The van der Waals surface area contributed by atoms with Crippen LogP contribution in [0.25, 0.3) is 0 Å². The van der Waals surface area contributed by atoms with Gasteiger partial charge in [-0.2, -0.15) is 21.6 Å². The fourth-order valence-corrected chi connectivity index (χ4v) is 1.53. The van der Waals surface area contributed by atoms with Crippen LogP contribution in [0.3, 0.4) is 0 Å². The zero-order valence-electron chi connectivity index (χ0n) is 7.12. The van der Waals surface area contributed by atoms with Gasteiger partial charge in [-0.15, -0.1) is 3.89 Å². The van der Waals surface area contributed by atoms with E-state index in [2.05, 4.69) is 4.98 Å². The van der Waals surface area contributed by atoms with E-state index in [-0.39, 0.29) is 0 Å². The first kappa shape index (κ1) is 11.9. The highest BCUT2D eigenvalue weighted by Crippen LogP contribution is 2.31. The first-order valence-electron chi connectivity index (χ1n) is 3.63. The average Bonchev–Trinajstić information content (AvgIpc) is 1.99. The molecule has 0 unspecified atom stereocenters. The predicted molar refractivity (Wildman–Crippen MR) is 43.0 cm³/mol. The highest BCUT2D eigenvalue weighted by Gasteiger charge is 2.34. The van der Waals surface area contributed by atoms with Crippen LogP contribution in [0.15, 0.2) is 18.3 Å². The molecule has 0 spiro atoms. The van der Waals surface area contributed by atoms with Gasteiger partial charge in [0.05, 0.1) is 11.3 Å². The van der Waals surface area contributed by atoms with Crippen molar-refractivity contribution >= 4 is 10.2 Å². The molecule has 0 saturated carbocycles. The Bertz CT molecular complexity index is 454. The number of nitrogens with zero attached hydrogens (tertiary/aromatic N) is 1. The molecule has 8 heteroatoms. The second-order valence-electron chi connectivity index (χ2n) is 2.68. The maximum absolute atomic E-state index is 12.3. The van der Waals surface area contributed by atoms with Crippen molar-refractivity contribution < 1.29 is 25.5 Å². The van der Waals surface area contributed by atoms with E-state index in [1.807, 2.05) is 0 Å². The molecule has 1 rings (SSSR count). The Morgan fingerprint density at radius 2 is 1.93 bits per heavy atom. The third-order valence-electron chi connectivity index (χ3n) is 1.50. The first-order valence-corrected chi connectivity index (χ1v) is 5.19. The van der Waals surface area contributed by atoms with Gasteiger partial charge < -0.3 is 0 Å². The lowest BCUT2D eigenvalue weighted by Gasteiger charge is -2.09. The van der Waals surface area contributed by atoms with E-state index in [0.717, 1.165) is 12.3 Å². The molecule has 0 aliphatic rings. The molecule has 0 bridgehead atoms. The minimum Gasteiger partial charge on any atom is -0.259 e. The van der Waals surface area contributed by atoms with E-state index >= 15 is 0 Å². The van der Waals surface area contributed by atoms with E-state index in [1.54, 1.807) is 0 Å². The molecule has 0 N–H and O–H groups in total. The van der Waals surface area contributed by atoms with Crippen molar-refractivity contribution in [2.24, 2.45) is 0 Å². The van der Waals surface area contributed by atoms with Crippen molar-refractivity contribution in [3.05, 3.63) is 29.6 Å². The quantitative estimate of drug-likeness (QED) is 0.588. The molecule has 0 amide bonds. The number of pyridine rings is 1. The molecule has 0 aliphatic heterocycles. The van der Waals surface area contributed by atoms with Crippen molar-refractivity contribution in [1.82, 2.24) is 4.98 Å². The van der Waals surface area contributed by atoms with E-state index in [9.17, 15) is 25.5 Å². The number of hydrogen-bond acceptors (Lipinski definition) is 3. The molecule has 0 aliphatic carbocycles. The van der Waals surface area contributed by atoms with Gasteiger partial charge >= 0.3 is 16.4 Å². The fourth-order valence-electron chi connectivity index (χ4n) is 0.974. The topological polar surface area (TPSA) is 47.0 Å². The highest BCUT2D eigenvalue weighted by atomic mass is 32.3. The summed E-state index contributed by atoms with van der Waals surface area (Å²) in [6.07, 6.45) is -3.77. The highest BCUT2D eigenvalue weighted by molar-refractivity contribution is 7.85. The predicted octanol–water partition coefficient (Wildman–Crippen LogP) is 1.90. The summed E-state index contributed by atoms with van der Waals surface area (Å²) >= 11 is 0. The average molecular weight is 243 g/mol. The lowest BCUT2D eigenvalue weighted by Crippen LogP contribution is -2.12. The molecule has 0 aromatic carbocycles. The van der Waals surface area contributed by atoms with Gasteiger partial charge in [0.2, 0.25) is 0 Å². The number of aromatic nitrogens is 1. The van der Waals surface area contributed by atoms with Crippen molar-refractivity contribution in [1.29, 1.82) is 0 Å². The van der Waals surface area contributed by atoms with Crippen LogP contribution in [-0.4, -0.2) is 13.4 Å². The molecule has 84 valence electrons. The zero-order valence-corrected chi connectivity index (χ0v) is 7.94. The Morgan fingerprint density at radius 3 is 2.40 bits per heavy atom. The van der Waals surface area contributed by atoms with Gasteiger partial charge in [0, 0.05) is 6.20 Å². The minimum absolute atomic E-state index is 0.646. The molecule has 0 atom stereocenters. The van der Waals surface area contributed by atoms with Gasteiger partial charge in [0.15, 0.2) is 0 Å². The SMILES string of the molecule is O=S(=O)(F)Cc1ncccc1C(F)(F)F. The largest absolute Gasteiger partial charge is 0.418 e. The number of alkyl halides is 3. The van der Waals surface area contributed by atoms with E-state index in [1.165, 1.54) is 0 Å². The van der Waals surface area contributed by atoms with Gasteiger partial charge in [-0.25, -0.2) is 0 Å². The van der Waals surface area contributed by atoms with Gasteiger partial charge in [0.25, 0.3) is 0 Å². The number of halogens is 4. The maximum Gasteiger partial charge on any atom is 0.418 e. The molecule has 0 saturated heterocycles. The van der Waals surface area contributed by atoms with Crippen molar-refractivity contribution in [2.75, 3.05) is 0 Å². The second-order valence-corrected chi connectivity index (χ2v) is 4.04. The van der Waals surface area contributed by atoms with Gasteiger partial charge in [-0.05, 0) is 12.1 Å². The van der Waals surface area contributed by atoms with Crippen LogP contribution >= 0.6 is 0 Å². The molecule has 0 fully saturated rings. The van der Waals surface area contributed by atoms with Crippen molar-refractivity contribution in [3.63, 3.8) is 0 Å². The molecular formula is C7H5F4NO2S. The summed E-state index contributed by atoms with van der Waals surface area (Å²) in [5.41, 5.74) is -2.08. The lowest BCUT2D eigenvalue weighted by atomic mass is 10.2. The van der Waals surface area contributed by atoms with Crippen molar-refractivity contribution in [3.8, 4) is 0 Å². The second kappa shape index (κ2) is 3.76. The normalized spacial score (nSPS) is 12.8. The Labute approximate surface area is 83.0 Å². The summed E-state index contributed by atoms with van der Waals surface area (Å²) in [4.78, 5) is 3.19. The summed E-state index contributed by atoms with van der Waals surface area (Å²) in [6, 6.07) is 1.64. The summed E-state index contributed by atoms with van der Waals surface area (Å²) in [5.74, 6) is -1.37. The fraction of sp³-hybridized carbons (Fsp3) is 0.286. The van der Waals surface area contributed by atoms with Crippen LogP contribution in [0.2, 0.25) is 0 Å². The van der Waals surface area contributed by atoms with Crippen LogP contribution in [0.1, 0.15) is 11.3 Å². The Morgan fingerprint density at radius 1 is 1.33 bits per heavy atom. The standard InChI is InChI=1S/C7H5F4NO2S/c8-7(9,10)5-2-1-3-12-6(5)4-15(11,13)14/h1-3H,4H2. The van der Waals surface area contributed by atoms with Crippen LogP contribution in [0.5, 0.6) is 0 Å². The van der Waals surface area contributed by atoms with E-state index in [0.29, 0.717) is 6.07 Å². The third kappa shape index (κ3) is 3.46. The summed E-state index contributed by atoms with van der Waals surface area (Å²) in [5, 5.41) is 0. The lowest BCUT2D eigenvalue weighted by molar-refractivity contribution is -0.138. The maximum atomic E-state index is 12.3. The Kier molecular flexibility index (Phi) is 2.98. The van der Waals surface area contributed by atoms with Gasteiger partial charge in [0.1, 0.15) is 5.75 Å². The third-order valence-corrected chi connectivity index (χ3v) is 2.12. The van der Waals surface area contributed by atoms with Crippen molar-refractivity contribution in [2.45, 2.75) is 11.9 Å². The number of rotatable bonds is 2. The van der Waals surface area contributed by atoms with E-state index in [4.69, 9.17) is 0 Å². The zero-order chi connectivity index (χ0) is 11.7. The van der Waals surface area contributed by atoms with Crippen LogP contribution in [0.4, 0.5) is 17.1 Å². The Hall–Kier alpha value is -1.18. The van der Waals surface area contributed by atoms with E-state index < -0.39 is 33.4 Å². The first-order chi connectivity index (χ1) is 6.70. The summed E-state index contributed by atoms with van der Waals surface area (Å²) in [6.45, 7) is 0. The van der Waals surface area contributed by atoms with Crippen LogP contribution in [-0.2, 0) is 22.2 Å². The summed E-state index contributed by atoms with van der Waals surface area (Å²) < 4.78 is 69.4. The summed E-state index contributed by atoms with van der Waals surface area (Å²) in [7, 11) is -5.02.